The molecule has 2 heterocycles. The molecule has 0 fully saturated rings. The molecule has 0 aromatic carbocycles. The minimum absolute atomic E-state index is 0.00308. The number of carbonyl (C=O) groups is 1. The Kier molecular flexibility index (Phi) is 2.54. The Hall–Kier alpha value is -2.38. The molecule has 0 bridgehead atoms. The van der Waals surface area contributed by atoms with Crippen LogP contribution in [0, 0.1) is 6.92 Å². The van der Waals surface area contributed by atoms with Crippen molar-refractivity contribution < 1.29 is 4.79 Å². The van der Waals surface area contributed by atoms with Crippen molar-refractivity contribution in [2.24, 2.45) is 0 Å². The first-order valence-electron chi connectivity index (χ1n) is 4.61. The van der Waals surface area contributed by atoms with Gasteiger partial charge in [-0.15, -0.1) is 5.10 Å². The Balaban J connectivity index is 1.94. The lowest BCUT2D eigenvalue weighted by Gasteiger charge is -2.00. The Morgan fingerprint density at radius 3 is 3.06 bits per heavy atom. The molecule has 4 N–H and O–H groups in total. The molecule has 0 radical (unpaired) electrons. The summed E-state index contributed by atoms with van der Waals surface area (Å²) in [5.41, 5.74) is 6.24. The summed E-state index contributed by atoms with van der Waals surface area (Å²) in [6.45, 7) is 1.85. The Bertz CT molecular complexity index is 456. The van der Waals surface area contributed by atoms with E-state index in [1.165, 1.54) is 11.0 Å². The number of H-pyrrole nitrogens is 1. The number of amides is 1. The van der Waals surface area contributed by atoms with Gasteiger partial charge in [-0.1, -0.05) is 0 Å². The van der Waals surface area contributed by atoms with E-state index in [2.05, 4.69) is 25.7 Å². The normalized spacial score (nSPS) is 10.3. The van der Waals surface area contributed by atoms with Crippen molar-refractivity contribution in [2.75, 3.05) is 11.1 Å². The van der Waals surface area contributed by atoms with Gasteiger partial charge < -0.3 is 11.1 Å². The lowest BCUT2D eigenvalue weighted by Crippen LogP contribution is -2.20. The van der Waals surface area contributed by atoms with Gasteiger partial charge in [0.1, 0.15) is 6.54 Å². The minimum Gasteiger partial charge on any atom is -0.381 e. The molecular formula is C8H11N7O. The molecule has 16 heavy (non-hydrogen) atoms. The fraction of sp³-hybridized carbons (Fsp3) is 0.250. The van der Waals surface area contributed by atoms with Gasteiger partial charge in [0, 0.05) is 11.8 Å². The standard InChI is InChI=1S/C8H11N7O/c1-5-2-7(13-12-5)11-8(16)4-15-10-3-6(9)14-15/h2-3H,4H2,1H3,(H2,9,14)(H2,11,12,13,16). The summed E-state index contributed by atoms with van der Waals surface area (Å²) in [6.07, 6.45) is 1.38. The molecule has 0 saturated heterocycles. The number of hydrogen-bond donors (Lipinski definition) is 3. The van der Waals surface area contributed by atoms with Crippen molar-refractivity contribution >= 4 is 17.5 Å². The number of anilines is 2. The molecule has 0 aliphatic rings. The second-order valence-electron chi connectivity index (χ2n) is 3.28. The lowest BCUT2D eigenvalue weighted by atomic mass is 10.4. The number of aromatic amines is 1. The molecule has 0 saturated carbocycles. The summed E-state index contributed by atoms with van der Waals surface area (Å²) in [7, 11) is 0. The van der Waals surface area contributed by atoms with E-state index >= 15 is 0 Å². The van der Waals surface area contributed by atoms with Gasteiger partial charge in [-0.2, -0.15) is 15.0 Å². The second-order valence-corrected chi connectivity index (χ2v) is 3.28. The summed E-state index contributed by atoms with van der Waals surface area (Å²) < 4.78 is 0. The van der Waals surface area contributed by atoms with E-state index in [1.54, 1.807) is 6.07 Å². The maximum absolute atomic E-state index is 11.5. The van der Waals surface area contributed by atoms with Crippen LogP contribution in [0.3, 0.4) is 0 Å². The predicted molar refractivity (Wildman–Crippen MR) is 56.4 cm³/mol. The predicted octanol–water partition coefficient (Wildman–Crippen LogP) is -0.469. The molecule has 0 aliphatic heterocycles. The molecule has 2 aromatic rings. The third kappa shape index (κ3) is 2.35. The number of nitrogens with zero attached hydrogens (tertiary/aromatic N) is 4. The van der Waals surface area contributed by atoms with Crippen molar-refractivity contribution in [3.05, 3.63) is 18.0 Å². The van der Waals surface area contributed by atoms with Crippen molar-refractivity contribution in [3.8, 4) is 0 Å². The number of nitrogens with one attached hydrogen (secondary N) is 2. The number of aromatic nitrogens is 5. The highest BCUT2D eigenvalue weighted by Gasteiger charge is 2.07. The van der Waals surface area contributed by atoms with Gasteiger partial charge in [-0.3, -0.25) is 9.89 Å². The number of rotatable bonds is 3. The molecule has 0 spiro atoms. The van der Waals surface area contributed by atoms with Gasteiger partial charge in [0.25, 0.3) is 0 Å². The van der Waals surface area contributed by atoms with E-state index in [0.29, 0.717) is 5.82 Å². The highest BCUT2D eigenvalue weighted by Crippen LogP contribution is 2.03. The maximum atomic E-state index is 11.5. The quantitative estimate of drug-likeness (QED) is 0.648. The monoisotopic (exact) mass is 221 g/mol. The molecule has 84 valence electrons. The number of nitrogen functional groups attached to an aromatic ring is 1. The highest BCUT2D eigenvalue weighted by atomic mass is 16.2. The van der Waals surface area contributed by atoms with Gasteiger partial charge >= 0.3 is 0 Å². The van der Waals surface area contributed by atoms with Gasteiger partial charge in [0.2, 0.25) is 5.91 Å². The zero-order chi connectivity index (χ0) is 11.5. The molecule has 2 rings (SSSR count). The fourth-order valence-electron chi connectivity index (χ4n) is 1.18. The van der Waals surface area contributed by atoms with Crippen LogP contribution in [0.4, 0.5) is 11.6 Å². The zero-order valence-corrected chi connectivity index (χ0v) is 8.64. The van der Waals surface area contributed by atoms with Gasteiger partial charge in [0.15, 0.2) is 11.6 Å². The Morgan fingerprint density at radius 1 is 1.69 bits per heavy atom. The van der Waals surface area contributed by atoms with E-state index < -0.39 is 0 Å². The van der Waals surface area contributed by atoms with Crippen LogP contribution in [0.25, 0.3) is 0 Å². The average Bonchev–Trinajstić information content (AvgIpc) is 2.76. The smallest absolute Gasteiger partial charge is 0.249 e. The zero-order valence-electron chi connectivity index (χ0n) is 8.64. The van der Waals surface area contributed by atoms with Gasteiger partial charge in [0.05, 0.1) is 6.20 Å². The van der Waals surface area contributed by atoms with Crippen molar-refractivity contribution in [2.45, 2.75) is 13.5 Å². The van der Waals surface area contributed by atoms with Crippen LogP contribution in [0.1, 0.15) is 5.69 Å². The van der Waals surface area contributed by atoms with Gasteiger partial charge in [-0.05, 0) is 6.92 Å². The third-order valence-corrected chi connectivity index (χ3v) is 1.81. The van der Waals surface area contributed by atoms with Crippen LogP contribution in [-0.4, -0.2) is 31.1 Å². The Morgan fingerprint density at radius 2 is 2.50 bits per heavy atom. The van der Waals surface area contributed by atoms with E-state index in [9.17, 15) is 4.79 Å². The number of aryl methyl sites for hydroxylation is 1. The first-order valence-corrected chi connectivity index (χ1v) is 4.61. The van der Waals surface area contributed by atoms with Crippen LogP contribution in [0.15, 0.2) is 12.3 Å². The van der Waals surface area contributed by atoms with Gasteiger partial charge in [-0.25, -0.2) is 0 Å². The molecule has 0 atom stereocenters. The largest absolute Gasteiger partial charge is 0.381 e. The number of nitrogens with two attached hydrogens (primary N) is 1. The summed E-state index contributed by atoms with van der Waals surface area (Å²) in [5.74, 6) is 0.494. The molecule has 0 unspecified atom stereocenters. The maximum Gasteiger partial charge on any atom is 0.249 e. The fourth-order valence-corrected chi connectivity index (χ4v) is 1.18. The van der Waals surface area contributed by atoms with Crippen molar-refractivity contribution in [3.63, 3.8) is 0 Å². The second kappa shape index (κ2) is 4.01. The SMILES string of the molecule is Cc1cc(NC(=O)Cn2ncc(N)n2)n[nH]1. The minimum atomic E-state index is -0.262. The van der Waals surface area contributed by atoms with E-state index in [0.717, 1.165) is 5.69 Å². The molecule has 1 amide bonds. The molecule has 8 nitrogen and oxygen atoms in total. The summed E-state index contributed by atoms with van der Waals surface area (Å²) in [4.78, 5) is 12.7. The van der Waals surface area contributed by atoms with Crippen LogP contribution < -0.4 is 11.1 Å². The van der Waals surface area contributed by atoms with Crippen LogP contribution in [0.2, 0.25) is 0 Å². The summed E-state index contributed by atoms with van der Waals surface area (Å²) >= 11 is 0. The topological polar surface area (TPSA) is 115 Å². The molecular weight excluding hydrogens is 210 g/mol. The number of hydrogen-bond acceptors (Lipinski definition) is 5. The first kappa shape index (κ1) is 10.1. The van der Waals surface area contributed by atoms with Crippen LogP contribution in [-0.2, 0) is 11.3 Å². The van der Waals surface area contributed by atoms with E-state index in [4.69, 9.17) is 5.73 Å². The summed E-state index contributed by atoms with van der Waals surface area (Å²) in [6, 6.07) is 1.72. The van der Waals surface area contributed by atoms with Crippen molar-refractivity contribution in [1.82, 2.24) is 25.2 Å². The van der Waals surface area contributed by atoms with E-state index in [-0.39, 0.29) is 18.3 Å². The highest BCUT2D eigenvalue weighted by molar-refractivity contribution is 5.89. The van der Waals surface area contributed by atoms with Crippen LogP contribution >= 0.6 is 0 Å². The number of carbonyl (C=O) groups excluding carboxylic acids is 1. The van der Waals surface area contributed by atoms with Crippen LogP contribution in [0.5, 0.6) is 0 Å². The first-order chi connectivity index (χ1) is 7.63. The average molecular weight is 221 g/mol. The van der Waals surface area contributed by atoms with E-state index in [1.807, 2.05) is 6.92 Å². The van der Waals surface area contributed by atoms with Crippen molar-refractivity contribution in [1.29, 1.82) is 0 Å². The lowest BCUT2D eigenvalue weighted by molar-refractivity contribution is -0.117. The Labute approximate surface area is 90.8 Å². The summed E-state index contributed by atoms with van der Waals surface area (Å²) in [5, 5.41) is 16.8. The third-order valence-electron chi connectivity index (χ3n) is 1.81. The molecule has 2 aromatic heterocycles. The molecule has 8 heteroatoms. The molecule has 0 aliphatic carbocycles.